The van der Waals surface area contributed by atoms with Gasteiger partial charge in [0.25, 0.3) is 0 Å². The van der Waals surface area contributed by atoms with Gasteiger partial charge in [0.2, 0.25) is 5.91 Å². The Balaban J connectivity index is 2.46. The van der Waals surface area contributed by atoms with Gasteiger partial charge >= 0.3 is 0 Å². The van der Waals surface area contributed by atoms with E-state index in [9.17, 15) is 4.79 Å². The molecule has 1 rings (SSSR count). The maximum Gasteiger partial charge on any atom is 0.226 e. The monoisotopic (exact) mass is 228 g/mol. The van der Waals surface area contributed by atoms with E-state index in [2.05, 4.69) is 12.2 Å². The summed E-state index contributed by atoms with van der Waals surface area (Å²) in [5.74, 6) is 0.283. The van der Waals surface area contributed by atoms with Crippen molar-refractivity contribution in [3.8, 4) is 0 Å². The van der Waals surface area contributed by atoms with Gasteiger partial charge in [-0.15, -0.1) is 0 Å². The lowest BCUT2D eigenvalue weighted by atomic mass is 10.0. The summed E-state index contributed by atoms with van der Waals surface area (Å²) >= 11 is 0. The van der Waals surface area contributed by atoms with Crippen LogP contribution >= 0.6 is 0 Å². The number of morpholine rings is 1. The zero-order valence-corrected chi connectivity index (χ0v) is 10.9. The molecule has 1 unspecified atom stereocenters. The highest BCUT2D eigenvalue weighted by Gasteiger charge is 2.31. The SMILES string of the molecule is CCNCC(C)C(=O)N1CCOC(C)(C)C1. The van der Waals surface area contributed by atoms with Gasteiger partial charge < -0.3 is 15.0 Å². The summed E-state index contributed by atoms with van der Waals surface area (Å²) in [5.41, 5.74) is -0.203. The molecule has 1 amide bonds. The molecular formula is C12H24N2O2. The van der Waals surface area contributed by atoms with Gasteiger partial charge in [0.1, 0.15) is 0 Å². The van der Waals surface area contributed by atoms with Crippen molar-refractivity contribution in [3.63, 3.8) is 0 Å². The summed E-state index contributed by atoms with van der Waals surface area (Å²) in [4.78, 5) is 14.0. The Morgan fingerprint density at radius 1 is 1.56 bits per heavy atom. The second kappa shape index (κ2) is 5.64. The summed E-state index contributed by atoms with van der Waals surface area (Å²) < 4.78 is 5.60. The number of hydrogen-bond donors (Lipinski definition) is 1. The second-order valence-corrected chi connectivity index (χ2v) is 5.08. The molecule has 4 nitrogen and oxygen atoms in total. The van der Waals surface area contributed by atoms with Crippen molar-refractivity contribution in [1.82, 2.24) is 10.2 Å². The van der Waals surface area contributed by atoms with Crippen LogP contribution in [0.3, 0.4) is 0 Å². The minimum Gasteiger partial charge on any atom is -0.372 e. The van der Waals surface area contributed by atoms with Crippen LogP contribution in [-0.4, -0.2) is 49.2 Å². The molecule has 0 saturated carbocycles. The van der Waals surface area contributed by atoms with E-state index in [1.165, 1.54) is 0 Å². The minimum absolute atomic E-state index is 0.0499. The molecule has 0 radical (unpaired) electrons. The fourth-order valence-electron chi connectivity index (χ4n) is 1.96. The van der Waals surface area contributed by atoms with Gasteiger partial charge in [0.15, 0.2) is 0 Å². The van der Waals surface area contributed by atoms with Crippen LogP contribution in [-0.2, 0) is 9.53 Å². The van der Waals surface area contributed by atoms with Crippen molar-refractivity contribution in [1.29, 1.82) is 0 Å². The predicted octanol–water partition coefficient (Wildman–Crippen LogP) is 0.869. The third-order valence-corrected chi connectivity index (χ3v) is 2.86. The lowest BCUT2D eigenvalue weighted by Crippen LogP contribution is -2.52. The highest BCUT2D eigenvalue weighted by molar-refractivity contribution is 5.78. The Morgan fingerprint density at radius 2 is 2.25 bits per heavy atom. The Labute approximate surface area is 98.3 Å². The second-order valence-electron chi connectivity index (χ2n) is 5.08. The van der Waals surface area contributed by atoms with E-state index in [4.69, 9.17) is 4.74 Å². The zero-order chi connectivity index (χ0) is 12.2. The van der Waals surface area contributed by atoms with Crippen molar-refractivity contribution in [2.75, 3.05) is 32.8 Å². The van der Waals surface area contributed by atoms with Gasteiger partial charge in [-0.3, -0.25) is 4.79 Å². The van der Waals surface area contributed by atoms with Gasteiger partial charge in [-0.1, -0.05) is 13.8 Å². The molecule has 0 bridgehead atoms. The summed E-state index contributed by atoms with van der Waals surface area (Å²) in [6, 6.07) is 0. The number of hydrogen-bond acceptors (Lipinski definition) is 3. The Morgan fingerprint density at radius 3 is 2.81 bits per heavy atom. The third kappa shape index (κ3) is 3.76. The summed E-state index contributed by atoms with van der Waals surface area (Å²) in [6.45, 7) is 11.8. The van der Waals surface area contributed by atoms with Crippen molar-refractivity contribution in [2.45, 2.75) is 33.3 Å². The first-order chi connectivity index (χ1) is 7.46. The molecule has 1 heterocycles. The molecule has 1 aliphatic rings. The topological polar surface area (TPSA) is 41.6 Å². The number of carbonyl (C=O) groups is 1. The van der Waals surface area contributed by atoms with E-state index in [-0.39, 0.29) is 17.4 Å². The van der Waals surface area contributed by atoms with Gasteiger partial charge in [0, 0.05) is 25.6 Å². The lowest BCUT2D eigenvalue weighted by molar-refractivity contribution is -0.149. The molecule has 1 saturated heterocycles. The Hall–Kier alpha value is -0.610. The number of rotatable bonds is 4. The van der Waals surface area contributed by atoms with Crippen molar-refractivity contribution < 1.29 is 9.53 Å². The highest BCUT2D eigenvalue weighted by Crippen LogP contribution is 2.17. The van der Waals surface area contributed by atoms with E-state index < -0.39 is 0 Å². The Kier molecular flexibility index (Phi) is 4.74. The van der Waals surface area contributed by atoms with Crippen LogP contribution in [0.15, 0.2) is 0 Å². The standard InChI is InChI=1S/C12H24N2O2/c1-5-13-8-10(2)11(15)14-6-7-16-12(3,4)9-14/h10,13H,5-9H2,1-4H3. The molecule has 94 valence electrons. The third-order valence-electron chi connectivity index (χ3n) is 2.86. The maximum absolute atomic E-state index is 12.1. The Bertz CT molecular complexity index is 241. The van der Waals surface area contributed by atoms with E-state index in [1.807, 2.05) is 25.7 Å². The lowest BCUT2D eigenvalue weighted by Gasteiger charge is -2.39. The van der Waals surface area contributed by atoms with Gasteiger partial charge in [-0.2, -0.15) is 0 Å². The van der Waals surface area contributed by atoms with E-state index >= 15 is 0 Å². The minimum atomic E-state index is -0.203. The van der Waals surface area contributed by atoms with Crippen LogP contribution in [0.25, 0.3) is 0 Å². The van der Waals surface area contributed by atoms with Crippen LogP contribution in [0.2, 0.25) is 0 Å². The summed E-state index contributed by atoms with van der Waals surface area (Å²) in [7, 11) is 0. The first-order valence-electron chi connectivity index (χ1n) is 6.10. The highest BCUT2D eigenvalue weighted by atomic mass is 16.5. The summed E-state index contributed by atoms with van der Waals surface area (Å²) in [5, 5.41) is 3.21. The molecular weight excluding hydrogens is 204 g/mol. The van der Waals surface area contributed by atoms with Gasteiger partial charge in [-0.25, -0.2) is 0 Å². The molecule has 1 atom stereocenters. The molecule has 0 aliphatic carbocycles. The molecule has 0 spiro atoms. The van der Waals surface area contributed by atoms with Crippen LogP contribution in [0, 0.1) is 5.92 Å². The van der Waals surface area contributed by atoms with Crippen molar-refractivity contribution >= 4 is 5.91 Å². The van der Waals surface area contributed by atoms with Gasteiger partial charge in [0.05, 0.1) is 12.2 Å². The molecule has 1 fully saturated rings. The molecule has 4 heteroatoms. The quantitative estimate of drug-likeness (QED) is 0.776. The molecule has 1 aliphatic heterocycles. The number of nitrogens with zero attached hydrogens (tertiary/aromatic N) is 1. The van der Waals surface area contributed by atoms with Crippen LogP contribution in [0.1, 0.15) is 27.7 Å². The first-order valence-corrected chi connectivity index (χ1v) is 6.10. The van der Waals surface area contributed by atoms with Crippen molar-refractivity contribution in [3.05, 3.63) is 0 Å². The van der Waals surface area contributed by atoms with E-state index in [0.717, 1.165) is 19.6 Å². The largest absolute Gasteiger partial charge is 0.372 e. The molecule has 0 aromatic heterocycles. The number of amides is 1. The normalized spacial score (nSPS) is 21.9. The van der Waals surface area contributed by atoms with Crippen LogP contribution < -0.4 is 5.32 Å². The zero-order valence-electron chi connectivity index (χ0n) is 10.9. The predicted molar refractivity (Wildman–Crippen MR) is 64.3 cm³/mol. The molecule has 1 N–H and O–H groups in total. The molecule has 0 aromatic rings. The average molecular weight is 228 g/mol. The fraction of sp³-hybridized carbons (Fsp3) is 0.917. The van der Waals surface area contributed by atoms with E-state index in [1.54, 1.807) is 0 Å². The number of ether oxygens (including phenoxy) is 1. The fourth-order valence-corrected chi connectivity index (χ4v) is 1.96. The van der Waals surface area contributed by atoms with Crippen LogP contribution in [0.4, 0.5) is 0 Å². The maximum atomic E-state index is 12.1. The number of nitrogens with one attached hydrogen (secondary N) is 1. The molecule has 0 aromatic carbocycles. The molecule has 16 heavy (non-hydrogen) atoms. The average Bonchev–Trinajstić information content (AvgIpc) is 2.23. The van der Waals surface area contributed by atoms with Gasteiger partial charge in [-0.05, 0) is 20.4 Å². The number of carbonyl (C=O) groups excluding carboxylic acids is 1. The van der Waals surface area contributed by atoms with E-state index in [0.29, 0.717) is 13.2 Å². The summed E-state index contributed by atoms with van der Waals surface area (Å²) in [6.07, 6.45) is 0. The van der Waals surface area contributed by atoms with Crippen molar-refractivity contribution in [2.24, 2.45) is 5.92 Å². The first kappa shape index (κ1) is 13.5. The smallest absolute Gasteiger partial charge is 0.226 e. The van der Waals surface area contributed by atoms with Crippen LogP contribution in [0.5, 0.6) is 0 Å².